The van der Waals surface area contributed by atoms with Gasteiger partial charge >= 0.3 is 6.03 Å². The van der Waals surface area contributed by atoms with E-state index in [-0.39, 0.29) is 11.8 Å². The highest BCUT2D eigenvalue weighted by atomic mass is 35.5. The second-order valence-corrected chi connectivity index (χ2v) is 6.89. The molecule has 3 rings (SSSR count). The summed E-state index contributed by atoms with van der Waals surface area (Å²) in [5.41, 5.74) is 1.61. The molecule has 0 atom stereocenters. The number of carbonyl (C=O) groups excluding carboxylic acids is 1. The third-order valence-electron chi connectivity index (χ3n) is 3.55. The molecular weight excluding hydrogens is 377 g/mol. The van der Waals surface area contributed by atoms with Gasteiger partial charge in [-0.15, -0.1) is 0 Å². The molecule has 0 saturated carbocycles. The van der Waals surface area contributed by atoms with Crippen molar-refractivity contribution < 1.29 is 13.9 Å². The molecule has 134 valence electrons. The summed E-state index contributed by atoms with van der Waals surface area (Å²) in [4.78, 5) is 18.0. The van der Waals surface area contributed by atoms with Crippen molar-refractivity contribution in [2.75, 3.05) is 17.3 Å². The smallest absolute Gasteiger partial charge is 0.327 e. The molecule has 2 amide bonds. The minimum Gasteiger partial charge on any atom is -0.445 e. The summed E-state index contributed by atoms with van der Waals surface area (Å²) in [7, 11) is 1.64. The Hall–Kier alpha value is -2.64. The number of rotatable bonds is 4. The molecule has 1 N–H and O–H groups in total. The molecule has 0 aliphatic carbocycles. The molecule has 1 heterocycles. The number of thiazole rings is 1. The van der Waals surface area contributed by atoms with E-state index in [2.05, 4.69) is 10.3 Å². The van der Waals surface area contributed by atoms with Crippen LogP contribution in [0.15, 0.2) is 48.7 Å². The number of urea groups is 1. The van der Waals surface area contributed by atoms with Gasteiger partial charge in [0.15, 0.2) is 5.13 Å². The minimum atomic E-state index is -0.390. The van der Waals surface area contributed by atoms with E-state index in [1.165, 1.54) is 23.2 Å². The maximum absolute atomic E-state index is 13.2. The molecule has 0 spiro atoms. The molecule has 0 radical (unpaired) electrons. The van der Waals surface area contributed by atoms with Crippen LogP contribution in [0.1, 0.15) is 5.56 Å². The number of ether oxygens (including phenoxy) is 1. The van der Waals surface area contributed by atoms with Crippen molar-refractivity contribution in [1.82, 2.24) is 4.98 Å². The lowest BCUT2D eigenvalue weighted by Crippen LogP contribution is -2.31. The zero-order chi connectivity index (χ0) is 18.7. The van der Waals surface area contributed by atoms with E-state index in [9.17, 15) is 9.18 Å². The Kier molecular flexibility index (Phi) is 5.39. The van der Waals surface area contributed by atoms with E-state index >= 15 is 0 Å². The van der Waals surface area contributed by atoms with E-state index in [0.717, 1.165) is 16.9 Å². The Labute approximate surface area is 159 Å². The Balaban J connectivity index is 1.68. The molecule has 2 aromatic carbocycles. The average molecular weight is 392 g/mol. The van der Waals surface area contributed by atoms with Crippen molar-refractivity contribution in [2.45, 2.75) is 6.92 Å². The number of amides is 2. The lowest BCUT2D eigenvalue weighted by molar-refractivity contribution is 0.258. The molecule has 0 bridgehead atoms. The predicted octanol–water partition coefficient (Wildman–Crippen LogP) is 5.70. The van der Waals surface area contributed by atoms with Gasteiger partial charge in [-0.05, 0) is 36.8 Å². The van der Waals surface area contributed by atoms with Crippen LogP contribution in [0.4, 0.5) is 20.0 Å². The minimum absolute atomic E-state index is 0.359. The topological polar surface area (TPSA) is 54.5 Å². The van der Waals surface area contributed by atoms with E-state index < -0.39 is 0 Å². The van der Waals surface area contributed by atoms with Crippen LogP contribution in [-0.2, 0) is 0 Å². The lowest BCUT2D eigenvalue weighted by Gasteiger charge is -2.19. The van der Waals surface area contributed by atoms with Crippen molar-refractivity contribution in [3.63, 3.8) is 0 Å². The normalized spacial score (nSPS) is 10.5. The molecule has 0 fully saturated rings. The monoisotopic (exact) mass is 391 g/mol. The molecule has 26 heavy (non-hydrogen) atoms. The number of nitrogens with zero attached hydrogens (tertiary/aromatic N) is 2. The van der Waals surface area contributed by atoms with Gasteiger partial charge < -0.3 is 4.74 Å². The molecule has 0 saturated heterocycles. The second-order valence-electron chi connectivity index (χ2n) is 5.46. The number of aromatic nitrogens is 1. The van der Waals surface area contributed by atoms with Crippen LogP contribution >= 0.6 is 22.9 Å². The molecule has 3 aromatic rings. The van der Waals surface area contributed by atoms with E-state index in [4.69, 9.17) is 16.3 Å². The first-order valence-electron chi connectivity index (χ1n) is 7.62. The van der Waals surface area contributed by atoms with Crippen LogP contribution in [-0.4, -0.2) is 18.1 Å². The van der Waals surface area contributed by atoms with Gasteiger partial charge in [0.2, 0.25) is 5.06 Å². The predicted molar refractivity (Wildman–Crippen MR) is 102 cm³/mol. The zero-order valence-corrected chi connectivity index (χ0v) is 15.6. The first-order chi connectivity index (χ1) is 12.4. The molecule has 5 nitrogen and oxygen atoms in total. The van der Waals surface area contributed by atoms with Crippen LogP contribution in [0.2, 0.25) is 5.02 Å². The highest BCUT2D eigenvalue weighted by Crippen LogP contribution is 2.31. The van der Waals surface area contributed by atoms with Gasteiger partial charge in [-0.2, -0.15) is 0 Å². The van der Waals surface area contributed by atoms with Gasteiger partial charge in [-0.25, -0.2) is 14.2 Å². The number of aryl methyl sites for hydroxylation is 1. The maximum atomic E-state index is 13.2. The Morgan fingerprint density at radius 3 is 2.88 bits per heavy atom. The highest BCUT2D eigenvalue weighted by Gasteiger charge is 2.15. The van der Waals surface area contributed by atoms with Crippen LogP contribution in [0, 0.1) is 12.7 Å². The van der Waals surface area contributed by atoms with Crippen LogP contribution < -0.4 is 15.0 Å². The standard InChI is InChI=1S/C18H15ClFN3O2S/c1-11-6-7-12(19)8-15(11)23(2)18(24)22-17-21-10-16(26-17)25-14-5-3-4-13(20)9-14/h3-10H,1-2H3,(H,21,22,24). The number of hydrogen-bond donors (Lipinski definition) is 1. The van der Waals surface area contributed by atoms with Gasteiger partial charge in [0.25, 0.3) is 0 Å². The third kappa shape index (κ3) is 4.30. The summed E-state index contributed by atoms with van der Waals surface area (Å²) >= 11 is 7.15. The SMILES string of the molecule is Cc1ccc(Cl)cc1N(C)C(=O)Nc1ncc(Oc2cccc(F)c2)s1. The second kappa shape index (κ2) is 7.72. The highest BCUT2D eigenvalue weighted by molar-refractivity contribution is 7.17. The summed E-state index contributed by atoms with van der Waals surface area (Å²) < 4.78 is 18.7. The van der Waals surface area contributed by atoms with Crippen molar-refractivity contribution in [2.24, 2.45) is 0 Å². The van der Waals surface area contributed by atoms with E-state index in [1.54, 1.807) is 31.3 Å². The van der Waals surface area contributed by atoms with Crippen molar-refractivity contribution in [3.8, 4) is 10.8 Å². The summed E-state index contributed by atoms with van der Waals surface area (Å²) in [5, 5.41) is 4.05. The van der Waals surface area contributed by atoms with Crippen LogP contribution in [0.25, 0.3) is 0 Å². The molecule has 1 aromatic heterocycles. The Bertz CT molecular complexity index is 948. The summed E-state index contributed by atoms with van der Waals surface area (Å²) in [6.07, 6.45) is 1.47. The number of halogens is 2. The number of benzene rings is 2. The first-order valence-corrected chi connectivity index (χ1v) is 8.82. The lowest BCUT2D eigenvalue weighted by atomic mass is 10.2. The molecule has 0 aliphatic heterocycles. The first kappa shape index (κ1) is 18.2. The summed E-state index contributed by atoms with van der Waals surface area (Å²) in [5.74, 6) is -0.0303. The van der Waals surface area contributed by atoms with Gasteiger partial charge in [-0.3, -0.25) is 10.2 Å². The summed E-state index contributed by atoms with van der Waals surface area (Å²) in [6, 6.07) is 10.8. The fourth-order valence-corrected chi connectivity index (χ4v) is 3.08. The quantitative estimate of drug-likeness (QED) is 0.620. The van der Waals surface area contributed by atoms with Crippen molar-refractivity contribution in [1.29, 1.82) is 0 Å². The fraction of sp³-hybridized carbons (Fsp3) is 0.111. The number of carbonyl (C=O) groups is 1. The number of nitrogens with one attached hydrogen (secondary N) is 1. The zero-order valence-electron chi connectivity index (χ0n) is 14.0. The third-order valence-corrected chi connectivity index (χ3v) is 4.58. The number of hydrogen-bond acceptors (Lipinski definition) is 4. The van der Waals surface area contributed by atoms with Crippen LogP contribution in [0.5, 0.6) is 10.8 Å². The van der Waals surface area contributed by atoms with Gasteiger partial charge in [0, 0.05) is 23.8 Å². The number of anilines is 2. The Morgan fingerprint density at radius 2 is 2.12 bits per heavy atom. The van der Waals surface area contributed by atoms with Crippen molar-refractivity contribution >= 4 is 39.8 Å². The largest absolute Gasteiger partial charge is 0.445 e. The maximum Gasteiger partial charge on any atom is 0.327 e. The summed E-state index contributed by atoms with van der Waals surface area (Å²) in [6.45, 7) is 1.89. The molecular formula is C18H15ClFN3O2S. The molecule has 8 heteroatoms. The van der Waals surface area contributed by atoms with Crippen molar-refractivity contribution in [3.05, 3.63) is 65.1 Å². The fourth-order valence-electron chi connectivity index (χ4n) is 2.24. The van der Waals surface area contributed by atoms with E-state index in [0.29, 0.717) is 26.7 Å². The van der Waals surface area contributed by atoms with E-state index in [1.807, 2.05) is 13.0 Å². The Morgan fingerprint density at radius 1 is 1.31 bits per heavy atom. The van der Waals surface area contributed by atoms with Gasteiger partial charge in [0.05, 0.1) is 6.20 Å². The average Bonchev–Trinajstić information content (AvgIpc) is 3.03. The van der Waals surface area contributed by atoms with Gasteiger partial charge in [-0.1, -0.05) is 35.1 Å². The molecule has 0 aliphatic rings. The van der Waals surface area contributed by atoms with Crippen LogP contribution in [0.3, 0.4) is 0 Å². The molecule has 0 unspecified atom stereocenters. The van der Waals surface area contributed by atoms with Gasteiger partial charge in [0.1, 0.15) is 11.6 Å².